The van der Waals surface area contributed by atoms with Crippen molar-refractivity contribution in [3.63, 3.8) is 0 Å². The van der Waals surface area contributed by atoms with Crippen molar-refractivity contribution in [1.29, 1.82) is 0 Å². The molecular weight excluding hydrogens is 162 g/mol. The molecule has 1 aromatic carbocycles. The van der Waals surface area contributed by atoms with Gasteiger partial charge in [0.1, 0.15) is 0 Å². The number of hydrogen-bond acceptors (Lipinski definition) is 1. The maximum absolute atomic E-state index is 11.3. The lowest BCUT2D eigenvalue weighted by Gasteiger charge is -2.01. The van der Waals surface area contributed by atoms with Gasteiger partial charge in [-0.2, -0.15) is 0 Å². The van der Waals surface area contributed by atoms with Crippen LogP contribution in [-0.2, 0) is 0 Å². The number of carbonyl (C=O) groups excluding carboxylic acids is 1. The molecule has 2 heteroatoms. The van der Waals surface area contributed by atoms with Crippen molar-refractivity contribution in [2.75, 3.05) is 6.54 Å². The molecule has 0 fully saturated rings. The van der Waals surface area contributed by atoms with Crippen molar-refractivity contribution in [1.82, 2.24) is 5.32 Å². The first-order valence-electron chi connectivity index (χ1n) is 4.12. The summed E-state index contributed by atoms with van der Waals surface area (Å²) < 4.78 is 0. The molecule has 68 valence electrons. The van der Waals surface area contributed by atoms with Crippen molar-refractivity contribution in [3.05, 3.63) is 35.4 Å². The third-order valence-electron chi connectivity index (χ3n) is 1.65. The molecule has 0 heterocycles. The third kappa shape index (κ3) is 2.34. The van der Waals surface area contributed by atoms with Gasteiger partial charge in [-0.3, -0.25) is 4.79 Å². The zero-order valence-corrected chi connectivity index (χ0v) is 7.50. The molecule has 2 nitrogen and oxygen atoms in total. The fourth-order valence-corrected chi connectivity index (χ4v) is 0.980. The molecule has 0 aliphatic rings. The molecule has 1 aromatic rings. The smallest absolute Gasteiger partial charge is 0.251 e. The summed E-state index contributed by atoms with van der Waals surface area (Å²) in [5.74, 6) is 2.43. The van der Waals surface area contributed by atoms with E-state index in [0.29, 0.717) is 12.1 Å². The largest absolute Gasteiger partial charge is 0.352 e. The zero-order valence-electron chi connectivity index (χ0n) is 7.50. The van der Waals surface area contributed by atoms with Crippen LogP contribution in [0.2, 0.25) is 0 Å². The van der Waals surface area contributed by atoms with Crippen LogP contribution in [0.5, 0.6) is 0 Å². The van der Waals surface area contributed by atoms with E-state index in [1.807, 2.05) is 6.92 Å². The Morgan fingerprint density at radius 3 is 2.62 bits per heavy atom. The van der Waals surface area contributed by atoms with E-state index < -0.39 is 0 Å². The fourth-order valence-electron chi connectivity index (χ4n) is 0.980. The number of carbonyl (C=O) groups is 1. The van der Waals surface area contributed by atoms with Crippen molar-refractivity contribution >= 4 is 5.91 Å². The van der Waals surface area contributed by atoms with E-state index in [2.05, 4.69) is 11.2 Å². The molecule has 0 aliphatic heterocycles. The van der Waals surface area contributed by atoms with Crippen LogP contribution in [0.3, 0.4) is 0 Å². The lowest BCUT2D eigenvalue weighted by molar-refractivity contribution is 0.0956. The zero-order chi connectivity index (χ0) is 9.68. The topological polar surface area (TPSA) is 29.1 Å². The van der Waals surface area contributed by atoms with Crippen LogP contribution < -0.4 is 5.32 Å². The van der Waals surface area contributed by atoms with Gasteiger partial charge in [0.2, 0.25) is 0 Å². The molecule has 13 heavy (non-hydrogen) atoms. The van der Waals surface area contributed by atoms with Gasteiger partial charge < -0.3 is 5.32 Å². The molecule has 0 saturated carbocycles. The Morgan fingerprint density at radius 2 is 2.15 bits per heavy atom. The Kier molecular flexibility index (Phi) is 3.10. The maximum Gasteiger partial charge on any atom is 0.251 e. The number of hydrogen-bond donors (Lipinski definition) is 1. The van der Waals surface area contributed by atoms with Crippen LogP contribution in [0, 0.1) is 12.3 Å². The summed E-state index contributed by atoms with van der Waals surface area (Å²) in [4.78, 5) is 11.3. The molecule has 0 aliphatic carbocycles. The van der Waals surface area contributed by atoms with Gasteiger partial charge in [-0.05, 0) is 31.2 Å². The molecule has 1 amide bonds. The van der Waals surface area contributed by atoms with Gasteiger partial charge in [-0.15, -0.1) is 6.42 Å². The van der Waals surface area contributed by atoms with E-state index in [0.717, 1.165) is 5.56 Å². The average Bonchev–Trinajstić information content (AvgIpc) is 2.18. The van der Waals surface area contributed by atoms with Gasteiger partial charge in [0.15, 0.2) is 0 Å². The Morgan fingerprint density at radius 1 is 1.54 bits per heavy atom. The Labute approximate surface area is 79.5 Å². The summed E-state index contributed by atoms with van der Waals surface area (Å²) >= 11 is 0. The number of terminal acetylenes is 1. The second-order valence-electron chi connectivity index (χ2n) is 2.58. The number of amides is 1. The summed E-state index contributed by atoms with van der Waals surface area (Å²) in [5.41, 5.74) is 1.42. The lowest BCUT2D eigenvalue weighted by Crippen LogP contribution is -2.22. The monoisotopic (exact) mass is 175 g/mol. The second kappa shape index (κ2) is 4.32. The van der Waals surface area contributed by atoms with Gasteiger partial charge in [-0.25, -0.2) is 0 Å². The first-order valence-corrected chi connectivity index (χ1v) is 4.12. The number of rotatable bonds is 2. The van der Waals surface area contributed by atoms with Crippen LogP contribution in [0.4, 0.5) is 0 Å². The summed E-state index contributed by atoms with van der Waals surface area (Å²) in [6.07, 6.45) is 5.18. The van der Waals surface area contributed by atoms with Crippen LogP contribution in [0.15, 0.2) is 24.3 Å². The van der Waals surface area contributed by atoms with E-state index in [1.54, 1.807) is 24.3 Å². The molecule has 0 atom stereocenters. The molecule has 1 rings (SSSR count). The number of benzene rings is 1. The molecule has 0 radical (unpaired) electrons. The van der Waals surface area contributed by atoms with Crippen molar-refractivity contribution in [2.45, 2.75) is 6.92 Å². The van der Waals surface area contributed by atoms with Gasteiger partial charge in [0, 0.05) is 19.1 Å². The first kappa shape index (κ1) is 9.34. The minimum Gasteiger partial charge on any atom is -0.352 e. The van der Waals surface area contributed by atoms with Crippen molar-refractivity contribution in [2.24, 2.45) is 0 Å². The minimum atomic E-state index is -0.0638. The Balaban J connectivity index is 0.00000169. The molecule has 0 spiro atoms. The van der Waals surface area contributed by atoms with Crippen LogP contribution in [-0.4, -0.2) is 12.5 Å². The standard InChI is InChI=1S/C11H11NO.H2/c1-3-9-5-7-10(8-6-9)11(13)12-4-2;/h1,5-8H,4H2,2H3,(H,12,13);1H. The van der Waals surface area contributed by atoms with Crippen LogP contribution >= 0.6 is 0 Å². The molecule has 0 aromatic heterocycles. The average molecular weight is 175 g/mol. The van der Waals surface area contributed by atoms with Crippen LogP contribution in [0.25, 0.3) is 0 Å². The summed E-state index contributed by atoms with van der Waals surface area (Å²) in [5, 5.41) is 2.71. The van der Waals surface area contributed by atoms with Gasteiger partial charge in [0.05, 0.1) is 0 Å². The van der Waals surface area contributed by atoms with E-state index in [1.165, 1.54) is 0 Å². The predicted molar refractivity (Wildman–Crippen MR) is 54.5 cm³/mol. The van der Waals surface area contributed by atoms with Crippen molar-refractivity contribution < 1.29 is 6.22 Å². The molecule has 0 unspecified atom stereocenters. The van der Waals surface area contributed by atoms with E-state index >= 15 is 0 Å². The summed E-state index contributed by atoms with van der Waals surface area (Å²) in [6, 6.07) is 6.95. The van der Waals surface area contributed by atoms with E-state index in [9.17, 15) is 4.79 Å². The predicted octanol–water partition coefficient (Wildman–Crippen LogP) is 1.66. The number of nitrogens with one attached hydrogen (secondary N) is 1. The Bertz CT molecular complexity index is 337. The quantitative estimate of drug-likeness (QED) is 0.680. The molecule has 0 saturated heterocycles. The highest BCUT2D eigenvalue weighted by molar-refractivity contribution is 5.94. The van der Waals surface area contributed by atoms with Crippen LogP contribution in [0.1, 0.15) is 24.3 Å². The molecule has 1 N–H and O–H groups in total. The van der Waals surface area contributed by atoms with Gasteiger partial charge >= 0.3 is 0 Å². The minimum absolute atomic E-state index is 0. The SMILES string of the molecule is C#Cc1ccc(C(=O)NCC)cc1.[HH]. The fraction of sp³-hybridized carbons (Fsp3) is 0.182. The highest BCUT2D eigenvalue weighted by Gasteiger charge is 2.01. The maximum atomic E-state index is 11.3. The second-order valence-corrected chi connectivity index (χ2v) is 2.58. The van der Waals surface area contributed by atoms with Gasteiger partial charge in [0.25, 0.3) is 5.91 Å². The van der Waals surface area contributed by atoms with E-state index in [-0.39, 0.29) is 7.33 Å². The highest BCUT2D eigenvalue weighted by Crippen LogP contribution is 2.02. The van der Waals surface area contributed by atoms with Gasteiger partial charge in [-0.1, -0.05) is 5.92 Å². The summed E-state index contributed by atoms with van der Waals surface area (Å²) in [6.45, 7) is 2.52. The normalized spacial score (nSPS) is 8.92. The third-order valence-corrected chi connectivity index (χ3v) is 1.65. The van der Waals surface area contributed by atoms with Crippen molar-refractivity contribution in [3.8, 4) is 12.3 Å². The first-order chi connectivity index (χ1) is 6.27. The molecule has 0 bridgehead atoms. The lowest BCUT2D eigenvalue weighted by atomic mass is 10.1. The summed E-state index contributed by atoms with van der Waals surface area (Å²) in [7, 11) is 0. The Hall–Kier alpha value is -1.75. The highest BCUT2D eigenvalue weighted by atomic mass is 16.1. The van der Waals surface area contributed by atoms with E-state index in [4.69, 9.17) is 6.42 Å². The molecular formula is C11H13NO.